The molecule has 1 aliphatic rings. The maximum atomic E-state index is 13.2. The number of hydroxylamine groups is 2. The van der Waals surface area contributed by atoms with Crippen LogP contribution in [-0.4, -0.2) is 92.2 Å². The van der Waals surface area contributed by atoms with Gasteiger partial charge in [0.25, 0.3) is 17.9 Å². The van der Waals surface area contributed by atoms with E-state index >= 15 is 0 Å². The van der Waals surface area contributed by atoms with E-state index in [9.17, 15) is 27.9 Å². The van der Waals surface area contributed by atoms with Gasteiger partial charge in [0, 0.05) is 24.0 Å². The van der Waals surface area contributed by atoms with Gasteiger partial charge in [0.05, 0.1) is 16.9 Å². The molecular weight excluding hydrogens is 662 g/mol. The van der Waals surface area contributed by atoms with Crippen LogP contribution < -0.4 is 27.3 Å². The molecule has 9 N–H and O–H groups in total. The monoisotopic (exact) mass is 695 g/mol. The smallest absolute Gasteiger partial charge is 0.418 e. The van der Waals surface area contributed by atoms with Crippen LogP contribution in [0.15, 0.2) is 40.9 Å². The fourth-order valence-corrected chi connectivity index (χ4v) is 5.37. The van der Waals surface area contributed by atoms with Crippen molar-refractivity contribution in [3.8, 4) is 17.0 Å². The van der Waals surface area contributed by atoms with Crippen LogP contribution in [0.5, 0.6) is 5.75 Å². The van der Waals surface area contributed by atoms with Crippen molar-refractivity contribution in [3.63, 3.8) is 0 Å². The number of nitrogen functional groups attached to an aromatic ring is 1. The van der Waals surface area contributed by atoms with Gasteiger partial charge in [-0.25, -0.2) is 9.78 Å². The minimum Gasteiger partial charge on any atom is -0.489 e. The normalized spacial score (nSPS) is 16.8. The molecule has 0 aliphatic carbocycles. The number of nitrogens with one attached hydrogen (secondary N) is 1. The molecule has 21 heteroatoms. The van der Waals surface area contributed by atoms with Gasteiger partial charge >= 0.3 is 16.4 Å². The van der Waals surface area contributed by atoms with Gasteiger partial charge in [-0.3, -0.25) is 18.8 Å². The van der Waals surface area contributed by atoms with Gasteiger partial charge in [-0.05, 0) is 57.1 Å². The number of rotatable bonds is 16. The van der Waals surface area contributed by atoms with E-state index < -0.39 is 58.2 Å². The number of carboxylic acid groups (broad SMARTS) is 1. The number of aromatic nitrogens is 3. The molecule has 1 aromatic carbocycles. The number of aryl methyl sites for hydroxylation is 1. The van der Waals surface area contributed by atoms with Gasteiger partial charge in [0.2, 0.25) is 0 Å². The number of hydrogen-bond donors (Lipinski definition) is 6. The van der Waals surface area contributed by atoms with Crippen LogP contribution in [0.4, 0.5) is 5.13 Å². The van der Waals surface area contributed by atoms with Crippen molar-refractivity contribution >= 4 is 50.4 Å². The molecule has 19 nitrogen and oxygen atoms in total. The third-order valence-electron chi connectivity index (χ3n) is 6.85. The molecule has 3 heterocycles. The molecule has 2 atom stereocenters. The maximum Gasteiger partial charge on any atom is 0.418 e. The molecule has 2 aromatic heterocycles. The van der Waals surface area contributed by atoms with Crippen LogP contribution in [0.3, 0.4) is 0 Å². The molecule has 0 radical (unpaired) electrons. The van der Waals surface area contributed by atoms with Crippen molar-refractivity contribution in [2.24, 2.45) is 16.6 Å². The Hall–Kier alpha value is -4.67. The summed E-state index contributed by atoms with van der Waals surface area (Å²) >= 11 is 0.953. The molecule has 0 unspecified atom stereocenters. The Bertz CT molecular complexity index is 1760. The highest BCUT2D eigenvalue weighted by Crippen LogP contribution is 2.33. The minimum atomic E-state index is -5.02. The Kier molecular flexibility index (Phi) is 10.8. The van der Waals surface area contributed by atoms with E-state index in [0.717, 1.165) is 29.0 Å². The standard InChI is InChI=1S/C26H33N9O10S2/c1-26(2)21(23(37)35(26)45-47(40,41)42)31-22(36)20(18-13-46-25(29)30-18)33-44-19(24(38)39)12-43-16-6-4-14(5-7-16)17-10-15(11-28)34(32-17)9-3-8-27/h4-7,10,13,19,21H,3,8-9,11-12,27-28H2,1-2H3,(H2,29,30)(H,31,36)(H,38,39)(H,40,41,42)/b33-20-/t19-,21+/m0/s1. The summed E-state index contributed by atoms with van der Waals surface area (Å²) in [6.45, 7) is 3.64. The summed E-state index contributed by atoms with van der Waals surface area (Å²) in [5.74, 6) is -3.19. The number of nitrogens with two attached hydrogens (primary N) is 3. The van der Waals surface area contributed by atoms with Gasteiger partial charge < -0.3 is 37.2 Å². The molecule has 0 saturated carbocycles. The van der Waals surface area contributed by atoms with E-state index in [-0.39, 0.29) is 10.8 Å². The largest absolute Gasteiger partial charge is 0.489 e. The Morgan fingerprint density at radius 2 is 1.94 bits per heavy atom. The lowest BCUT2D eigenvalue weighted by Gasteiger charge is -2.50. The first-order chi connectivity index (χ1) is 22.1. The van der Waals surface area contributed by atoms with Crippen molar-refractivity contribution in [3.05, 3.63) is 47.1 Å². The first kappa shape index (κ1) is 35.2. The van der Waals surface area contributed by atoms with Crippen LogP contribution in [0.25, 0.3) is 11.3 Å². The summed E-state index contributed by atoms with van der Waals surface area (Å²) in [7, 11) is -5.02. The zero-order chi connectivity index (χ0) is 34.5. The van der Waals surface area contributed by atoms with Crippen molar-refractivity contribution in [1.29, 1.82) is 0 Å². The van der Waals surface area contributed by atoms with Crippen molar-refractivity contribution in [1.82, 2.24) is 25.1 Å². The second kappa shape index (κ2) is 14.4. The van der Waals surface area contributed by atoms with Gasteiger partial charge in [-0.15, -0.1) is 15.6 Å². The van der Waals surface area contributed by atoms with Crippen LogP contribution in [-0.2, 0) is 47.0 Å². The summed E-state index contributed by atoms with van der Waals surface area (Å²) in [5.41, 5.74) is 17.4. The molecule has 4 rings (SSSR count). The summed E-state index contributed by atoms with van der Waals surface area (Å²) in [5, 5.41) is 22.2. The number of carbonyl (C=O) groups excluding carboxylic acids is 2. The third-order valence-corrected chi connectivity index (χ3v) is 7.86. The van der Waals surface area contributed by atoms with Crippen LogP contribution >= 0.6 is 11.3 Å². The van der Waals surface area contributed by atoms with Gasteiger partial charge in [0.15, 0.2) is 10.8 Å². The number of β-lactam (4-membered cyclic amide) rings is 1. The first-order valence-electron chi connectivity index (χ1n) is 13.8. The third kappa shape index (κ3) is 8.38. The molecule has 3 aromatic rings. The average molecular weight is 696 g/mol. The number of thiazole rings is 1. The molecule has 254 valence electrons. The van der Waals surface area contributed by atoms with Gasteiger partial charge in [-0.1, -0.05) is 5.16 Å². The number of ether oxygens (including phenoxy) is 1. The predicted octanol–water partition coefficient (Wildman–Crippen LogP) is -0.511. The topological polar surface area (TPSA) is 290 Å². The molecule has 0 bridgehead atoms. The zero-order valence-electron chi connectivity index (χ0n) is 25.1. The first-order valence-corrected chi connectivity index (χ1v) is 16.1. The Morgan fingerprint density at radius 3 is 2.49 bits per heavy atom. The molecule has 0 spiro atoms. The Labute approximate surface area is 272 Å². The highest BCUT2D eigenvalue weighted by Gasteiger charge is 2.58. The lowest BCUT2D eigenvalue weighted by Crippen LogP contribution is -2.76. The second-order valence-electron chi connectivity index (χ2n) is 10.6. The average Bonchev–Trinajstić information content (AvgIpc) is 3.64. The van der Waals surface area contributed by atoms with E-state index in [1.807, 2.05) is 6.07 Å². The minimum absolute atomic E-state index is 0.0522. The molecular formula is C26H33N9O10S2. The van der Waals surface area contributed by atoms with E-state index in [4.69, 9.17) is 31.3 Å². The molecule has 1 saturated heterocycles. The number of oxime groups is 1. The number of carbonyl (C=O) groups is 3. The van der Waals surface area contributed by atoms with Crippen LogP contribution in [0.1, 0.15) is 31.7 Å². The van der Waals surface area contributed by atoms with Crippen LogP contribution in [0.2, 0.25) is 0 Å². The number of carboxylic acids is 1. The summed E-state index contributed by atoms with van der Waals surface area (Å²) < 4.78 is 42.8. The SMILES string of the molecule is CC1(C)[C@H](NC(=O)/C(=N\O[C@@H](COc2ccc(-c3cc(CN)n(CCCN)n3)cc2)C(=O)O)c2csc(N)n2)C(=O)N1OS(=O)(=O)O. The number of benzene rings is 1. The number of aliphatic carboxylic acids is 1. The number of amides is 2. The van der Waals surface area contributed by atoms with Gasteiger partial charge in [-0.2, -0.15) is 18.6 Å². The highest BCUT2D eigenvalue weighted by molar-refractivity contribution is 7.80. The number of anilines is 1. The summed E-state index contributed by atoms with van der Waals surface area (Å²) in [4.78, 5) is 46.8. The summed E-state index contributed by atoms with van der Waals surface area (Å²) in [6.07, 6.45) is -0.951. The molecule has 1 aliphatic heterocycles. The lowest BCUT2D eigenvalue weighted by atomic mass is 9.84. The quantitative estimate of drug-likeness (QED) is 0.0476. The fourth-order valence-electron chi connectivity index (χ4n) is 4.37. The van der Waals surface area contributed by atoms with E-state index in [2.05, 4.69) is 24.8 Å². The molecule has 2 amide bonds. The number of nitrogens with zero attached hydrogens (tertiary/aromatic N) is 5. The fraction of sp³-hybridized carbons (Fsp3) is 0.385. The van der Waals surface area contributed by atoms with Crippen molar-refractivity contribution in [2.45, 2.75) is 51.0 Å². The van der Waals surface area contributed by atoms with Crippen LogP contribution in [0, 0.1) is 0 Å². The van der Waals surface area contributed by atoms with Crippen molar-refractivity contribution < 1.29 is 46.3 Å². The molecule has 47 heavy (non-hydrogen) atoms. The van der Waals surface area contributed by atoms with Gasteiger partial charge in [0.1, 0.15) is 24.1 Å². The summed E-state index contributed by atoms with van der Waals surface area (Å²) in [6, 6.07) is 7.24. The van der Waals surface area contributed by atoms with E-state index in [1.165, 1.54) is 19.2 Å². The molecule has 1 fully saturated rings. The predicted molar refractivity (Wildman–Crippen MR) is 166 cm³/mol. The zero-order valence-corrected chi connectivity index (χ0v) is 26.7. The highest BCUT2D eigenvalue weighted by atomic mass is 32.3. The Morgan fingerprint density at radius 1 is 1.23 bits per heavy atom. The van der Waals surface area contributed by atoms with Crippen molar-refractivity contribution in [2.75, 3.05) is 18.9 Å². The second-order valence-corrected chi connectivity index (χ2v) is 12.5. The maximum absolute atomic E-state index is 13.2. The Balaban J connectivity index is 1.45. The lowest BCUT2D eigenvalue weighted by molar-refractivity contribution is -0.218. The number of hydrogen-bond acceptors (Lipinski definition) is 15. The van der Waals surface area contributed by atoms with E-state index in [1.54, 1.807) is 28.9 Å². The van der Waals surface area contributed by atoms with E-state index in [0.29, 0.717) is 36.1 Å².